The summed E-state index contributed by atoms with van der Waals surface area (Å²) in [5.41, 5.74) is 2.10. The van der Waals surface area contributed by atoms with E-state index >= 15 is 0 Å². The van der Waals surface area contributed by atoms with Gasteiger partial charge in [-0.3, -0.25) is 4.31 Å². The minimum Gasteiger partial charge on any atom is -0.497 e. The van der Waals surface area contributed by atoms with E-state index in [1.807, 2.05) is 19.1 Å². The van der Waals surface area contributed by atoms with Crippen molar-refractivity contribution in [3.63, 3.8) is 0 Å². The zero-order valence-electron chi connectivity index (χ0n) is 14.4. The van der Waals surface area contributed by atoms with Gasteiger partial charge in [-0.2, -0.15) is 0 Å². The molecule has 1 heterocycles. The summed E-state index contributed by atoms with van der Waals surface area (Å²) in [5.74, 6) is 0.736. The Balaban J connectivity index is 2.12. The molecule has 1 aliphatic heterocycles. The van der Waals surface area contributed by atoms with Crippen LogP contribution in [0.5, 0.6) is 11.5 Å². The molecule has 0 bridgehead atoms. The molecule has 0 radical (unpaired) electrons. The molecule has 2 aromatic carbocycles. The molecule has 6 nitrogen and oxygen atoms in total. The summed E-state index contributed by atoms with van der Waals surface area (Å²) in [6.07, 6.45) is -0.326. The summed E-state index contributed by atoms with van der Waals surface area (Å²) in [4.78, 5) is 0.0683. The van der Waals surface area contributed by atoms with Crippen LogP contribution in [-0.4, -0.2) is 34.3 Å². The number of rotatable bonds is 4. The van der Waals surface area contributed by atoms with E-state index in [1.54, 1.807) is 18.2 Å². The fourth-order valence-electron chi connectivity index (χ4n) is 3.04. The number of ether oxygens (including phenoxy) is 2. The van der Waals surface area contributed by atoms with Crippen LogP contribution in [0.4, 0.5) is 5.69 Å². The predicted molar refractivity (Wildman–Crippen MR) is 94.8 cm³/mol. The van der Waals surface area contributed by atoms with Gasteiger partial charge in [0.15, 0.2) is 0 Å². The number of aliphatic hydroxyl groups is 1. The standard InChI is InChI=1S/C18H21NO5S/c1-12-4-6-15-14(10-12)16(20)8-9-19(15)25(21,22)18-7-5-13(23-2)11-17(18)24-3/h4-7,10-11,16,20H,8-9H2,1-3H3. The van der Waals surface area contributed by atoms with Gasteiger partial charge in [0.25, 0.3) is 10.0 Å². The second-order valence-electron chi connectivity index (χ2n) is 5.96. The van der Waals surface area contributed by atoms with Crippen molar-refractivity contribution in [1.29, 1.82) is 0 Å². The molecule has 0 amide bonds. The Labute approximate surface area is 147 Å². The molecule has 1 N–H and O–H groups in total. The van der Waals surface area contributed by atoms with Crippen molar-refractivity contribution in [2.45, 2.75) is 24.3 Å². The Morgan fingerprint density at radius 1 is 1.12 bits per heavy atom. The largest absolute Gasteiger partial charge is 0.497 e. The van der Waals surface area contributed by atoms with Crippen LogP contribution in [0.2, 0.25) is 0 Å². The average Bonchev–Trinajstić information content (AvgIpc) is 2.61. The van der Waals surface area contributed by atoms with Gasteiger partial charge in [0.2, 0.25) is 0 Å². The third-order valence-electron chi connectivity index (χ3n) is 4.36. The number of aryl methyl sites for hydroxylation is 1. The lowest BCUT2D eigenvalue weighted by Crippen LogP contribution is -2.37. The molecule has 0 saturated carbocycles. The Hall–Kier alpha value is -2.25. The number of nitrogens with zero attached hydrogens (tertiary/aromatic N) is 1. The number of fused-ring (bicyclic) bond motifs is 1. The van der Waals surface area contributed by atoms with E-state index in [0.29, 0.717) is 23.4 Å². The lowest BCUT2D eigenvalue weighted by atomic mass is 9.99. The lowest BCUT2D eigenvalue weighted by Gasteiger charge is -2.33. The highest BCUT2D eigenvalue weighted by atomic mass is 32.2. The highest BCUT2D eigenvalue weighted by molar-refractivity contribution is 7.93. The van der Waals surface area contributed by atoms with Gasteiger partial charge in [-0.25, -0.2) is 8.42 Å². The maximum atomic E-state index is 13.2. The summed E-state index contributed by atoms with van der Waals surface area (Å²) in [5, 5.41) is 10.2. The fourth-order valence-corrected chi connectivity index (χ4v) is 4.68. The molecule has 0 spiro atoms. The van der Waals surface area contributed by atoms with Crippen LogP contribution in [0.15, 0.2) is 41.3 Å². The Kier molecular flexibility index (Phi) is 4.62. The fraction of sp³-hybridized carbons (Fsp3) is 0.333. The second-order valence-corrected chi connectivity index (χ2v) is 7.79. The van der Waals surface area contributed by atoms with Gasteiger partial charge in [-0.15, -0.1) is 0 Å². The van der Waals surface area contributed by atoms with Crippen LogP contribution < -0.4 is 13.8 Å². The molecule has 1 atom stereocenters. The smallest absolute Gasteiger partial charge is 0.268 e. The van der Waals surface area contributed by atoms with Crippen molar-refractivity contribution in [2.75, 3.05) is 25.1 Å². The van der Waals surface area contributed by atoms with Crippen molar-refractivity contribution in [2.24, 2.45) is 0 Å². The zero-order valence-corrected chi connectivity index (χ0v) is 15.2. The quantitative estimate of drug-likeness (QED) is 0.904. The summed E-state index contributed by atoms with van der Waals surface area (Å²) in [7, 11) is -0.909. The number of hydrogen-bond acceptors (Lipinski definition) is 5. The minimum atomic E-state index is -3.84. The molecule has 0 saturated heterocycles. The molecule has 3 rings (SSSR count). The number of benzene rings is 2. The van der Waals surface area contributed by atoms with Gasteiger partial charge in [0.05, 0.1) is 26.0 Å². The first-order chi connectivity index (χ1) is 11.9. The van der Waals surface area contributed by atoms with Crippen molar-refractivity contribution in [3.05, 3.63) is 47.5 Å². The van der Waals surface area contributed by atoms with Crippen LogP contribution in [0.1, 0.15) is 23.7 Å². The molecule has 1 unspecified atom stereocenters. The van der Waals surface area contributed by atoms with E-state index in [9.17, 15) is 13.5 Å². The number of anilines is 1. The molecule has 2 aromatic rings. The van der Waals surface area contributed by atoms with Gasteiger partial charge < -0.3 is 14.6 Å². The van der Waals surface area contributed by atoms with Gasteiger partial charge in [0.1, 0.15) is 16.4 Å². The molecular weight excluding hydrogens is 342 g/mol. The maximum absolute atomic E-state index is 13.2. The summed E-state index contributed by atoms with van der Waals surface area (Å²) < 4.78 is 38.2. The van der Waals surface area contributed by atoms with Crippen LogP contribution in [0.3, 0.4) is 0 Å². The Morgan fingerprint density at radius 3 is 2.56 bits per heavy atom. The SMILES string of the molecule is COc1ccc(S(=O)(=O)N2CCC(O)c3cc(C)ccc32)c(OC)c1. The first-order valence-electron chi connectivity index (χ1n) is 7.92. The van der Waals surface area contributed by atoms with E-state index in [2.05, 4.69) is 0 Å². The predicted octanol–water partition coefficient (Wildman–Crippen LogP) is 2.64. The average molecular weight is 363 g/mol. The normalized spacial score (nSPS) is 17.1. The zero-order chi connectivity index (χ0) is 18.2. The van der Waals surface area contributed by atoms with Crippen LogP contribution in [-0.2, 0) is 10.0 Å². The molecule has 0 fully saturated rings. The maximum Gasteiger partial charge on any atom is 0.268 e. The van der Waals surface area contributed by atoms with Crippen molar-refractivity contribution in [3.8, 4) is 11.5 Å². The summed E-state index contributed by atoms with van der Waals surface area (Å²) in [6, 6.07) is 10.0. The molecule has 25 heavy (non-hydrogen) atoms. The molecule has 0 aliphatic carbocycles. The molecule has 7 heteroatoms. The van der Waals surface area contributed by atoms with E-state index in [4.69, 9.17) is 9.47 Å². The van der Waals surface area contributed by atoms with Gasteiger partial charge in [-0.1, -0.05) is 17.7 Å². The topological polar surface area (TPSA) is 76.1 Å². The van der Waals surface area contributed by atoms with Crippen LogP contribution >= 0.6 is 0 Å². The minimum absolute atomic E-state index is 0.0683. The van der Waals surface area contributed by atoms with E-state index < -0.39 is 16.1 Å². The highest BCUT2D eigenvalue weighted by Crippen LogP contribution is 2.39. The Bertz CT molecular complexity index is 894. The summed E-state index contributed by atoms with van der Waals surface area (Å²) in [6.45, 7) is 2.11. The highest BCUT2D eigenvalue weighted by Gasteiger charge is 2.34. The van der Waals surface area contributed by atoms with E-state index in [1.165, 1.54) is 24.6 Å². The van der Waals surface area contributed by atoms with Crippen molar-refractivity contribution < 1.29 is 23.0 Å². The third kappa shape index (κ3) is 3.05. The number of sulfonamides is 1. The second kappa shape index (κ2) is 6.57. The van der Waals surface area contributed by atoms with Crippen LogP contribution in [0.25, 0.3) is 0 Å². The third-order valence-corrected chi connectivity index (χ3v) is 6.21. The number of methoxy groups -OCH3 is 2. The number of aliphatic hydroxyl groups excluding tert-OH is 1. The van der Waals surface area contributed by atoms with Crippen molar-refractivity contribution >= 4 is 15.7 Å². The first kappa shape index (κ1) is 17.6. The summed E-state index contributed by atoms with van der Waals surface area (Å²) >= 11 is 0. The Morgan fingerprint density at radius 2 is 1.88 bits per heavy atom. The molecular formula is C18H21NO5S. The van der Waals surface area contributed by atoms with E-state index in [0.717, 1.165) is 5.56 Å². The van der Waals surface area contributed by atoms with Gasteiger partial charge in [-0.05, 0) is 31.5 Å². The lowest BCUT2D eigenvalue weighted by molar-refractivity contribution is 0.166. The number of hydrogen-bond donors (Lipinski definition) is 1. The van der Waals surface area contributed by atoms with Crippen molar-refractivity contribution in [1.82, 2.24) is 0 Å². The van der Waals surface area contributed by atoms with Gasteiger partial charge >= 0.3 is 0 Å². The molecule has 0 aromatic heterocycles. The molecule has 134 valence electrons. The first-order valence-corrected chi connectivity index (χ1v) is 9.36. The molecule has 1 aliphatic rings. The van der Waals surface area contributed by atoms with E-state index in [-0.39, 0.29) is 17.2 Å². The van der Waals surface area contributed by atoms with Crippen LogP contribution in [0, 0.1) is 6.92 Å². The monoisotopic (exact) mass is 363 g/mol. The van der Waals surface area contributed by atoms with Gasteiger partial charge in [0, 0.05) is 18.2 Å².